The molecule has 0 aliphatic heterocycles. The maximum atomic E-state index is 11.7. The second-order valence-corrected chi connectivity index (χ2v) is 5.02. The number of carbonyl (C=O) groups excluding carboxylic acids is 1. The van der Waals surface area contributed by atoms with E-state index in [4.69, 9.17) is 0 Å². The Labute approximate surface area is 108 Å². The number of hydrogen-bond acceptors (Lipinski definition) is 1. The Morgan fingerprint density at radius 1 is 1.17 bits per heavy atom. The number of H-pyrrole nitrogens is 1. The molecule has 2 aromatic rings. The molecular weight excluding hydrogens is 222 g/mol. The molecule has 94 valence electrons. The summed E-state index contributed by atoms with van der Waals surface area (Å²) >= 11 is 0. The molecule has 0 fully saturated rings. The van der Waals surface area contributed by atoms with Crippen LogP contribution in [0.25, 0.3) is 16.5 Å². The van der Waals surface area contributed by atoms with Crippen LogP contribution in [0.1, 0.15) is 33.4 Å². The van der Waals surface area contributed by atoms with Gasteiger partial charge in [-0.25, -0.2) is 0 Å². The molecule has 1 N–H and O–H groups in total. The van der Waals surface area contributed by atoms with Gasteiger partial charge in [-0.3, -0.25) is 4.79 Å². The maximum absolute atomic E-state index is 11.7. The van der Waals surface area contributed by atoms with Crippen LogP contribution in [0.2, 0.25) is 0 Å². The summed E-state index contributed by atoms with van der Waals surface area (Å²) < 4.78 is 0. The molecule has 2 nitrogen and oxygen atoms in total. The summed E-state index contributed by atoms with van der Waals surface area (Å²) in [5, 5.41) is 1.18. The number of aromatic amines is 1. The number of fused-ring (bicyclic) bond motifs is 1. The molecule has 18 heavy (non-hydrogen) atoms. The fourth-order valence-electron chi connectivity index (χ4n) is 2.52. The number of carbonyl (C=O) groups is 1. The minimum atomic E-state index is 0.154. The number of aromatic nitrogens is 1. The Kier molecular flexibility index (Phi) is 3.37. The predicted octanol–water partition coefficient (Wildman–Crippen LogP) is 4.19. The van der Waals surface area contributed by atoms with Crippen molar-refractivity contribution >= 4 is 22.3 Å². The van der Waals surface area contributed by atoms with Crippen molar-refractivity contribution in [3.63, 3.8) is 0 Å². The van der Waals surface area contributed by atoms with Crippen molar-refractivity contribution in [1.29, 1.82) is 0 Å². The van der Waals surface area contributed by atoms with Gasteiger partial charge in [0.15, 0.2) is 5.78 Å². The monoisotopic (exact) mass is 241 g/mol. The number of hydrogen-bond donors (Lipinski definition) is 1. The summed E-state index contributed by atoms with van der Waals surface area (Å²) in [4.78, 5) is 15.1. The molecule has 0 saturated carbocycles. The van der Waals surface area contributed by atoms with E-state index in [1.807, 2.05) is 19.1 Å². The van der Waals surface area contributed by atoms with E-state index in [-0.39, 0.29) is 11.7 Å². The Bertz CT molecular complexity index is 584. The van der Waals surface area contributed by atoms with E-state index in [0.29, 0.717) is 0 Å². The normalized spacial score (nSPS) is 12.9. The zero-order chi connectivity index (χ0) is 13.3. The molecule has 0 amide bonds. The number of Topliss-reactive ketones (excluding diaryl/α,β-unsaturated/α-hetero) is 1. The van der Waals surface area contributed by atoms with Crippen molar-refractivity contribution in [2.45, 2.75) is 27.7 Å². The molecule has 0 radical (unpaired) electrons. The van der Waals surface area contributed by atoms with Gasteiger partial charge in [0.25, 0.3) is 0 Å². The van der Waals surface area contributed by atoms with Crippen molar-refractivity contribution in [3.05, 3.63) is 41.6 Å². The summed E-state index contributed by atoms with van der Waals surface area (Å²) in [6.07, 6.45) is 0. The van der Waals surface area contributed by atoms with Gasteiger partial charge in [-0.2, -0.15) is 0 Å². The van der Waals surface area contributed by atoms with E-state index in [1.165, 1.54) is 5.39 Å². The first-order chi connectivity index (χ1) is 8.50. The Balaban J connectivity index is 2.58. The smallest absolute Gasteiger partial charge is 0.156 e. The zero-order valence-corrected chi connectivity index (χ0v) is 11.4. The SMILES string of the molecule is CC(=O)C(=C(C)c1cc2ccccc2[nH]1)C(C)C. The van der Waals surface area contributed by atoms with E-state index in [0.717, 1.165) is 22.4 Å². The van der Waals surface area contributed by atoms with Gasteiger partial charge in [0, 0.05) is 16.8 Å². The van der Waals surface area contributed by atoms with Gasteiger partial charge in [0.05, 0.1) is 0 Å². The molecule has 0 spiro atoms. The molecule has 0 unspecified atom stereocenters. The molecule has 0 bridgehead atoms. The van der Waals surface area contributed by atoms with Crippen LogP contribution >= 0.6 is 0 Å². The van der Waals surface area contributed by atoms with Crippen LogP contribution in [0.3, 0.4) is 0 Å². The molecule has 0 atom stereocenters. The highest BCUT2D eigenvalue weighted by atomic mass is 16.1. The highest BCUT2D eigenvalue weighted by Crippen LogP contribution is 2.26. The van der Waals surface area contributed by atoms with E-state index >= 15 is 0 Å². The molecule has 0 aliphatic rings. The standard InChI is InChI=1S/C16H19NO/c1-10(2)16(12(4)18)11(3)15-9-13-7-5-6-8-14(13)17-15/h5-10,17H,1-4H3. The van der Waals surface area contributed by atoms with Crippen LogP contribution in [0.15, 0.2) is 35.9 Å². The zero-order valence-electron chi connectivity index (χ0n) is 11.4. The summed E-state index contributed by atoms with van der Waals surface area (Å²) in [7, 11) is 0. The summed E-state index contributed by atoms with van der Waals surface area (Å²) in [6.45, 7) is 7.77. The third-order valence-electron chi connectivity index (χ3n) is 3.29. The van der Waals surface area contributed by atoms with Gasteiger partial charge in [-0.1, -0.05) is 32.0 Å². The first kappa shape index (κ1) is 12.6. The van der Waals surface area contributed by atoms with Crippen LogP contribution in [0.4, 0.5) is 0 Å². The third kappa shape index (κ3) is 2.23. The van der Waals surface area contributed by atoms with Crippen LogP contribution in [0, 0.1) is 5.92 Å². The first-order valence-corrected chi connectivity index (χ1v) is 6.30. The van der Waals surface area contributed by atoms with Crippen LogP contribution in [-0.4, -0.2) is 10.8 Å². The van der Waals surface area contributed by atoms with Crippen LogP contribution in [0.5, 0.6) is 0 Å². The molecule has 1 aromatic heterocycles. The lowest BCUT2D eigenvalue weighted by atomic mass is 9.93. The number of para-hydroxylation sites is 1. The Hall–Kier alpha value is -1.83. The first-order valence-electron chi connectivity index (χ1n) is 6.30. The molecule has 2 rings (SSSR count). The molecule has 2 heteroatoms. The topological polar surface area (TPSA) is 32.9 Å². The molecule has 0 saturated heterocycles. The Morgan fingerprint density at radius 2 is 1.83 bits per heavy atom. The van der Waals surface area contributed by atoms with Gasteiger partial charge in [0.2, 0.25) is 0 Å². The van der Waals surface area contributed by atoms with Gasteiger partial charge in [0.1, 0.15) is 0 Å². The quantitative estimate of drug-likeness (QED) is 0.803. The molecule has 1 heterocycles. The van der Waals surface area contributed by atoms with Crippen molar-refractivity contribution in [2.75, 3.05) is 0 Å². The fourth-order valence-corrected chi connectivity index (χ4v) is 2.52. The van der Waals surface area contributed by atoms with E-state index in [1.54, 1.807) is 6.92 Å². The average Bonchev–Trinajstić information content (AvgIpc) is 2.71. The number of rotatable bonds is 3. The summed E-state index contributed by atoms with van der Waals surface area (Å²) in [5.41, 5.74) is 4.10. The van der Waals surface area contributed by atoms with Crippen LogP contribution in [-0.2, 0) is 4.79 Å². The maximum Gasteiger partial charge on any atom is 0.156 e. The molecule has 1 aromatic carbocycles. The predicted molar refractivity (Wildman–Crippen MR) is 76.4 cm³/mol. The number of nitrogens with one attached hydrogen (secondary N) is 1. The van der Waals surface area contributed by atoms with Gasteiger partial charge < -0.3 is 4.98 Å². The largest absolute Gasteiger partial charge is 0.355 e. The minimum Gasteiger partial charge on any atom is -0.355 e. The number of benzene rings is 1. The Morgan fingerprint density at radius 3 is 2.39 bits per heavy atom. The second kappa shape index (κ2) is 4.81. The third-order valence-corrected chi connectivity index (χ3v) is 3.29. The number of allylic oxidation sites excluding steroid dienone is 2. The molecule has 0 aliphatic carbocycles. The van der Waals surface area contributed by atoms with Crippen molar-refractivity contribution < 1.29 is 4.79 Å². The highest BCUT2D eigenvalue weighted by Gasteiger charge is 2.14. The minimum absolute atomic E-state index is 0.154. The van der Waals surface area contributed by atoms with Gasteiger partial charge in [-0.15, -0.1) is 0 Å². The number of ketones is 1. The van der Waals surface area contributed by atoms with Crippen molar-refractivity contribution in [1.82, 2.24) is 4.98 Å². The van der Waals surface area contributed by atoms with E-state index in [9.17, 15) is 4.79 Å². The van der Waals surface area contributed by atoms with E-state index < -0.39 is 0 Å². The van der Waals surface area contributed by atoms with Gasteiger partial charge >= 0.3 is 0 Å². The van der Waals surface area contributed by atoms with Gasteiger partial charge in [-0.05, 0) is 42.9 Å². The average molecular weight is 241 g/mol. The highest BCUT2D eigenvalue weighted by molar-refractivity contribution is 6.01. The fraction of sp³-hybridized carbons (Fsp3) is 0.312. The van der Waals surface area contributed by atoms with Crippen LogP contribution < -0.4 is 0 Å². The van der Waals surface area contributed by atoms with Crippen molar-refractivity contribution in [2.24, 2.45) is 5.92 Å². The molecular formula is C16H19NO. The van der Waals surface area contributed by atoms with Crippen molar-refractivity contribution in [3.8, 4) is 0 Å². The summed E-state index contributed by atoms with van der Waals surface area (Å²) in [5.74, 6) is 0.398. The lowest BCUT2D eigenvalue weighted by Gasteiger charge is -2.11. The lowest BCUT2D eigenvalue weighted by Crippen LogP contribution is -2.06. The van der Waals surface area contributed by atoms with E-state index in [2.05, 4.69) is 37.0 Å². The summed E-state index contributed by atoms with van der Waals surface area (Å²) in [6, 6.07) is 10.3. The lowest BCUT2D eigenvalue weighted by molar-refractivity contribution is -0.113. The second-order valence-electron chi connectivity index (χ2n) is 5.02.